The first-order chi connectivity index (χ1) is 6.75. The van der Waals surface area contributed by atoms with Gasteiger partial charge in [0.05, 0.1) is 12.1 Å². The Hall–Kier alpha value is -1.64. The second-order valence-electron chi connectivity index (χ2n) is 3.42. The van der Waals surface area contributed by atoms with Crippen molar-refractivity contribution in [2.45, 2.75) is 12.8 Å². The predicted octanol–water partition coefficient (Wildman–Crippen LogP) is 1.45. The number of hydrogen-bond donors (Lipinski definition) is 0. The van der Waals surface area contributed by atoms with Gasteiger partial charge in [0.25, 0.3) is 0 Å². The molecule has 1 heterocycles. The van der Waals surface area contributed by atoms with Gasteiger partial charge in [-0.1, -0.05) is 30.3 Å². The first kappa shape index (κ1) is 8.94. The number of amides is 1. The summed E-state index contributed by atoms with van der Waals surface area (Å²) >= 11 is 0. The molecule has 72 valence electrons. The van der Waals surface area contributed by atoms with E-state index in [4.69, 9.17) is 0 Å². The Labute approximate surface area is 83.0 Å². The second-order valence-corrected chi connectivity index (χ2v) is 3.42. The predicted molar refractivity (Wildman–Crippen MR) is 55.0 cm³/mol. The molecule has 0 aromatic heterocycles. The van der Waals surface area contributed by atoms with E-state index in [9.17, 15) is 4.79 Å². The Morgan fingerprint density at radius 1 is 1.36 bits per heavy atom. The zero-order valence-corrected chi connectivity index (χ0v) is 8.10. The molecule has 2 rings (SSSR count). The summed E-state index contributed by atoms with van der Waals surface area (Å²) in [4.78, 5) is 11.2. The lowest BCUT2D eigenvalue weighted by atomic mass is 10.1. The van der Waals surface area contributed by atoms with Gasteiger partial charge < -0.3 is 0 Å². The van der Waals surface area contributed by atoms with E-state index >= 15 is 0 Å². The summed E-state index contributed by atoms with van der Waals surface area (Å²) in [5.74, 6) is 0.0796. The fourth-order valence-electron chi connectivity index (χ4n) is 1.52. The van der Waals surface area contributed by atoms with Crippen LogP contribution in [0.1, 0.15) is 12.0 Å². The molecule has 0 atom stereocenters. The topological polar surface area (TPSA) is 32.7 Å². The average molecular weight is 188 g/mol. The second kappa shape index (κ2) is 3.62. The van der Waals surface area contributed by atoms with E-state index in [-0.39, 0.29) is 5.91 Å². The molecule has 0 saturated carbocycles. The maximum Gasteiger partial charge on any atom is 0.248 e. The van der Waals surface area contributed by atoms with E-state index in [1.165, 1.54) is 10.6 Å². The Bertz CT molecular complexity index is 370. The summed E-state index contributed by atoms with van der Waals surface area (Å²) in [6.45, 7) is 0. The summed E-state index contributed by atoms with van der Waals surface area (Å²) in [7, 11) is 1.69. The molecular formula is C11H12N2O. The fourth-order valence-corrected chi connectivity index (χ4v) is 1.52. The number of hydrazone groups is 1. The van der Waals surface area contributed by atoms with Gasteiger partial charge in [-0.3, -0.25) is 4.79 Å². The van der Waals surface area contributed by atoms with Gasteiger partial charge in [0, 0.05) is 13.5 Å². The highest BCUT2D eigenvalue weighted by atomic mass is 16.2. The number of carbonyl (C=O) groups is 1. The van der Waals surface area contributed by atoms with Crippen molar-refractivity contribution in [1.82, 2.24) is 5.01 Å². The lowest BCUT2D eigenvalue weighted by Crippen LogP contribution is -2.14. The van der Waals surface area contributed by atoms with Crippen molar-refractivity contribution in [3.05, 3.63) is 35.9 Å². The van der Waals surface area contributed by atoms with Crippen molar-refractivity contribution in [2.75, 3.05) is 7.05 Å². The van der Waals surface area contributed by atoms with Gasteiger partial charge in [-0.25, -0.2) is 5.01 Å². The van der Waals surface area contributed by atoms with Crippen molar-refractivity contribution >= 4 is 11.6 Å². The highest BCUT2D eigenvalue weighted by molar-refractivity contribution is 6.05. The van der Waals surface area contributed by atoms with Crippen molar-refractivity contribution in [1.29, 1.82) is 0 Å². The molecule has 3 nitrogen and oxygen atoms in total. The molecular weight excluding hydrogens is 176 g/mol. The van der Waals surface area contributed by atoms with E-state index < -0.39 is 0 Å². The van der Waals surface area contributed by atoms with E-state index in [0.717, 1.165) is 12.1 Å². The summed E-state index contributed by atoms with van der Waals surface area (Å²) in [5, 5.41) is 5.58. The standard InChI is InChI=1S/C11H12N2O/c1-13-11(14)8-10(12-13)7-9-5-3-2-4-6-9/h2-6H,7-8H2,1H3. The van der Waals surface area contributed by atoms with E-state index in [0.29, 0.717) is 6.42 Å². The fraction of sp³-hybridized carbons (Fsp3) is 0.273. The zero-order valence-electron chi connectivity index (χ0n) is 8.10. The van der Waals surface area contributed by atoms with Crippen LogP contribution in [0.15, 0.2) is 35.4 Å². The number of hydrogen-bond acceptors (Lipinski definition) is 2. The maximum atomic E-state index is 11.2. The Balaban J connectivity index is 2.07. The largest absolute Gasteiger partial charge is 0.273 e. The number of nitrogens with zero attached hydrogens (tertiary/aromatic N) is 2. The number of benzene rings is 1. The third-order valence-corrected chi connectivity index (χ3v) is 2.26. The molecule has 0 unspecified atom stereocenters. The molecule has 1 aliphatic heterocycles. The van der Waals surface area contributed by atoms with Crippen LogP contribution in [0.4, 0.5) is 0 Å². The minimum absolute atomic E-state index is 0.0796. The molecule has 0 bridgehead atoms. The van der Waals surface area contributed by atoms with Crippen LogP contribution in [0, 0.1) is 0 Å². The molecule has 1 amide bonds. The third kappa shape index (κ3) is 1.82. The van der Waals surface area contributed by atoms with Crippen LogP contribution in [0.5, 0.6) is 0 Å². The molecule has 0 saturated heterocycles. The molecule has 14 heavy (non-hydrogen) atoms. The lowest BCUT2D eigenvalue weighted by Gasteiger charge is -1.99. The van der Waals surface area contributed by atoms with Crippen LogP contribution in [-0.4, -0.2) is 23.7 Å². The average Bonchev–Trinajstić information content (AvgIpc) is 2.47. The van der Waals surface area contributed by atoms with Crippen LogP contribution in [0.2, 0.25) is 0 Å². The third-order valence-electron chi connectivity index (χ3n) is 2.26. The van der Waals surface area contributed by atoms with Crippen LogP contribution in [0.25, 0.3) is 0 Å². The van der Waals surface area contributed by atoms with E-state index in [1.807, 2.05) is 30.3 Å². The van der Waals surface area contributed by atoms with Crippen LogP contribution >= 0.6 is 0 Å². The quantitative estimate of drug-likeness (QED) is 0.691. The zero-order chi connectivity index (χ0) is 9.97. The smallest absolute Gasteiger partial charge is 0.248 e. The Morgan fingerprint density at radius 2 is 2.07 bits per heavy atom. The molecule has 0 radical (unpaired) electrons. The van der Waals surface area contributed by atoms with Crippen LogP contribution in [-0.2, 0) is 11.2 Å². The van der Waals surface area contributed by atoms with Crippen LogP contribution < -0.4 is 0 Å². The van der Waals surface area contributed by atoms with Gasteiger partial charge in [0.2, 0.25) is 5.91 Å². The maximum absolute atomic E-state index is 11.2. The van der Waals surface area contributed by atoms with Crippen molar-refractivity contribution in [3.8, 4) is 0 Å². The highest BCUT2D eigenvalue weighted by Gasteiger charge is 2.19. The molecule has 3 heteroatoms. The Kier molecular flexibility index (Phi) is 2.31. The monoisotopic (exact) mass is 188 g/mol. The number of carbonyl (C=O) groups excluding carboxylic acids is 1. The minimum Gasteiger partial charge on any atom is -0.273 e. The van der Waals surface area contributed by atoms with Crippen molar-refractivity contribution < 1.29 is 4.79 Å². The SMILES string of the molecule is CN1N=C(Cc2ccccc2)CC1=O. The highest BCUT2D eigenvalue weighted by Crippen LogP contribution is 2.10. The Morgan fingerprint density at radius 3 is 2.64 bits per heavy atom. The first-order valence-corrected chi connectivity index (χ1v) is 4.62. The summed E-state index contributed by atoms with van der Waals surface area (Å²) in [6.07, 6.45) is 1.24. The minimum atomic E-state index is 0.0796. The van der Waals surface area contributed by atoms with Gasteiger partial charge in [-0.05, 0) is 5.56 Å². The number of rotatable bonds is 2. The van der Waals surface area contributed by atoms with Gasteiger partial charge in [-0.15, -0.1) is 0 Å². The summed E-state index contributed by atoms with van der Waals surface area (Å²) in [5.41, 5.74) is 2.15. The van der Waals surface area contributed by atoms with Crippen LogP contribution in [0.3, 0.4) is 0 Å². The first-order valence-electron chi connectivity index (χ1n) is 4.62. The summed E-state index contributed by atoms with van der Waals surface area (Å²) in [6, 6.07) is 10.1. The molecule has 0 spiro atoms. The molecule has 0 fully saturated rings. The molecule has 1 aromatic carbocycles. The molecule has 0 aliphatic carbocycles. The molecule has 0 N–H and O–H groups in total. The van der Waals surface area contributed by atoms with Gasteiger partial charge in [-0.2, -0.15) is 5.10 Å². The van der Waals surface area contributed by atoms with Gasteiger partial charge in [0.15, 0.2) is 0 Å². The molecule has 1 aliphatic rings. The van der Waals surface area contributed by atoms with Crippen molar-refractivity contribution in [2.24, 2.45) is 5.10 Å². The van der Waals surface area contributed by atoms with Crippen molar-refractivity contribution in [3.63, 3.8) is 0 Å². The summed E-state index contributed by atoms with van der Waals surface area (Å²) < 4.78 is 0. The van der Waals surface area contributed by atoms with E-state index in [2.05, 4.69) is 5.10 Å². The van der Waals surface area contributed by atoms with Gasteiger partial charge >= 0.3 is 0 Å². The lowest BCUT2D eigenvalue weighted by molar-refractivity contribution is -0.127. The van der Waals surface area contributed by atoms with Gasteiger partial charge in [0.1, 0.15) is 0 Å². The molecule has 1 aromatic rings. The van der Waals surface area contributed by atoms with E-state index in [1.54, 1.807) is 7.05 Å². The normalized spacial score (nSPS) is 15.9.